The lowest BCUT2D eigenvalue weighted by molar-refractivity contribution is 0.0991. The van der Waals surface area contributed by atoms with E-state index in [2.05, 4.69) is 64.5 Å². The van der Waals surface area contributed by atoms with E-state index in [-0.39, 0.29) is 5.78 Å². The summed E-state index contributed by atoms with van der Waals surface area (Å²) in [5.41, 5.74) is 0.834. The Morgan fingerprint density at radius 3 is 2.14 bits per heavy atom. The predicted octanol–water partition coefficient (Wildman–Crippen LogP) is 5.55. The summed E-state index contributed by atoms with van der Waals surface area (Å²) in [5.74, 6) is 0.199. The van der Waals surface area contributed by atoms with Gasteiger partial charge < -0.3 is 0 Å². The van der Waals surface area contributed by atoms with Crippen LogP contribution in [0.1, 0.15) is 16.8 Å². The van der Waals surface area contributed by atoms with E-state index in [4.69, 9.17) is 0 Å². The summed E-state index contributed by atoms with van der Waals surface area (Å²) in [6.45, 7) is 0. The van der Waals surface area contributed by atoms with Crippen LogP contribution < -0.4 is 0 Å². The highest BCUT2D eigenvalue weighted by atomic mass is 79.9. The van der Waals surface area contributed by atoms with Crippen LogP contribution in [0.3, 0.4) is 0 Å². The Labute approximate surface area is 131 Å². The molecule has 1 nitrogen and oxygen atoms in total. The fourth-order valence-corrected chi connectivity index (χ4v) is 3.56. The number of hydrogen-bond donors (Lipinski definition) is 0. The average Bonchev–Trinajstić information content (AvgIpc) is 2.52. The third-order valence-electron chi connectivity index (χ3n) is 4.15. The van der Waals surface area contributed by atoms with Crippen LogP contribution in [0.2, 0.25) is 0 Å². The quantitative estimate of drug-likeness (QED) is 0.272. The molecular weight excluding hydrogens is 324 g/mol. The van der Waals surface area contributed by atoms with Gasteiger partial charge in [-0.3, -0.25) is 4.79 Å². The highest BCUT2D eigenvalue weighted by Gasteiger charge is 2.14. The van der Waals surface area contributed by atoms with Gasteiger partial charge in [0.1, 0.15) is 0 Å². The minimum atomic E-state index is 0.199. The number of Topliss-reactive ketones (excluding diaryl/α,β-unsaturated/α-hetero) is 1. The van der Waals surface area contributed by atoms with E-state index in [1.165, 1.54) is 26.9 Å². The molecule has 0 spiro atoms. The van der Waals surface area contributed by atoms with Crippen molar-refractivity contribution in [3.8, 4) is 0 Å². The molecular formula is C19H13BrO. The predicted molar refractivity (Wildman–Crippen MR) is 92.9 cm³/mol. The highest BCUT2D eigenvalue weighted by molar-refractivity contribution is 9.09. The monoisotopic (exact) mass is 336 g/mol. The Morgan fingerprint density at radius 1 is 0.810 bits per heavy atom. The van der Waals surface area contributed by atoms with Crippen LogP contribution in [0.25, 0.3) is 32.3 Å². The smallest absolute Gasteiger partial charge is 0.164 e. The van der Waals surface area contributed by atoms with Crippen molar-refractivity contribution in [2.45, 2.75) is 6.42 Å². The molecule has 0 aliphatic heterocycles. The number of carbonyl (C=O) groups excluding carboxylic acids is 1. The third kappa shape index (κ3) is 1.86. The van der Waals surface area contributed by atoms with Crippen LogP contribution in [0.5, 0.6) is 0 Å². The normalized spacial score (nSPS) is 11.7. The van der Waals surface area contributed by atoms with Crippen LogP contribution in [0.4, 0.5) is 0 Å². The summed E-state index contributed by atoms with van der Waals surface area (Å²) in [6.07, 6.45) is 0.532. The zero-order valence-corrected chi connectivity index (χ0v) is 13.0. The van der Waals surface area contributed by atoms with E-state index in [0.717, 1.165) is 10.9 Å². The van der Waals surface area contributed by atoms with Gasteiger partial charge in [0, 0.05) is 17.3 Å². The molecule has 4 rings (SSSR count). The van der Waals surface area contributed by atoms with Crippen molar-refractivity contribution in [1.82, 2.24) is 0 Å². The molecule has 21 heavy (non-hydrogen) atoms. The van der Waals surface area contributed by atoms with Crippen molar-refractivity contribution in [3.05, 3.63) is 60.2 Å². The van der Waals surface area contributed by atoms with Crippen LogP contribution in [0, 0.1) is 0 Å². The lowest BCUT2D eigenvalue weighted by Gasteiger charge is -2.13. The fraction of sp³-hybridized carbons (Fsp3) is 0.105. The molecule has 0 saturated heterocycles. The standard InChI is InChI=1S/C19H13BrO/c20-11-10-17(21)15-8-6-14-5-4-12-2-1-3-13-7-9-16(15)19(14)18(12)13/h1-9H,10-11H2. The zero-order valence-electron chi connectivity index (χ0n) is 11.4. The van der Waals surface area contributed by atoms with Crippen molar-refractivity contribution in [3.63, 3.8) is 0 Å². The second-order valence-corrected chi connectivity index (χ2v) is 6.12. The van der Waals surface area contributed by atoms with E-state index in [1.54, 1.807) is 0 Å². The number of halogens is 1. The van der Waals surface area contributed by atoms with Gasteiger partial charge in [0.2, 0.25) is 0 Å². The molecule has 0 amide bonds. The molecule has 0 aromatic heterocycles. The van der Waals surface area contributed by atoms with Crippen LogP contribution in [-0.2, 0) is 0 Å². The van der Waals surface area contributed by atoms with Gasteiger partial charge in [-0.1, -0.05) is 70.5 Å². The molecule has 0 aliphatic rings. The van der Waals surface area contributed by atoms with E-state index in [9.17, 15) is 4.79 Å². The second-order valence-electron chi connectivity index (χ2n) is 5.33. The molecule has 0 aliphatic carbocycles. The molecule has 0 heterocycles. The molecule has 2 heteroatoms. The Bertz CT molecular complexity index is 955. The molecule has 4 aromatic rings. The van der Waals surface area contributed by atoms with Gasteiger partial charge in [-0.25, -0.2) is 0 Å². The van der Waals surface area contributed by atoms with Gasteiger partial charge in [0.15, 0.2) is 5.78 Å². The first-order valence-electron chi connectivity index (χ1n) is 7.05. The lowest BCUT2D eigenvalue weighted by Crippen LogP contribution is -2.01. The number of hydrogen-bond acceptors (Lipinski definition) is 1. The van der Waals surface area contributed by atoms with Gasteiger partial charge >= 0.3 is 0 Å². The van der Waals surface area contributed by atoms with Crippen LogP contribution in [-0.4, -0.2) is 11.1 Å². The summed E-state index contributed by atoms with van der Waals surface area (Å²) >= 11 is 3.36. The van der Waals surface area contributed by atoms with E-state index < -0.39 is 0 Å². The molecule has 0 radical (unpaired) electrons. The summed E-state index contributed by atoms with van der Waals surface area (Å²) in [6, 6.07) is 18.9. The molecule has 102 valence electrons. The lowest BCUT2D eigenvalue weighted by atomic mass is 9.90. The second kappa shape index (κ2) is 4.81. The Morgan fingerprint density at radius 2 is 1.43 bits per heavy atom. The number of carbonyl (C=O) groups is 1. The van der Waals surface area contributed by atoms with Gasteiger partial charge in [-0.15, -0.1) is 0 Å². The molecule has 0 unspecified atom stereocenters. The first kappa shape index (κ1) is 12.8. The summed E-state index contributed by atoms with van der Waals surface area (Å²) < 4.78 is 0. The van der Waals surface area contributed by atoms with Gasteiger partial charge in [0.25, 0.3) is 0 Å². The van der Waals surface area contributed by atoms with E-state index >= 15 is 0 Å². The highest BCUT2D eigenvalue weighted by Crippen LogP contribution is 2.36. The average molecular weight is 337 g/mol. The SMILES string of the molecule is O=C(CCBr)c1ccc2ccc3cccc4ccc1c2c34. The topological polar surface area (TPSA) is 17.1 Å². The van der Waals surface area contributed by atoms with Crippen molar-refractivity contribution < 1.29 is 4.79 Å². The van der Waals surface area contributed by atoms with Crippen LogP contribution in [0.15, 0.2) is 54.6 Å². The summed E-state index contributed by atoms with van der Waals surface area (Å²) in [5, 5.41) is 7.92. The number of rotatable bonds is 3. The first-order valence-corrected chi connectivity index (χ1v) is 8.17. The van der Waals surface area contributed by atoms with Gasteiger partial charge in [-0.05, 0) is 32.3 Å². The molecule has 0 bridgehead atoms. The van der Waals surface area contributed by atoms with Crippen molar-refractivity contribution in [1.29, 1.82) is 0 Å². The number of benzene rings is 4. The zero-order chi connectivity index (χ0) is 14.4. The maximum atomic E-state index is 12.4. The molecule has 0 atom stereocenters. The van der Waals surface area contributed by atoms with Crippen LogP contribution >= 0.6 is 15.9 Å². The Balaban J connectivity index is 2.18. The fourth-order valence-electron chi connectivity index (χ4n) is 3.20. The van der Waals surface area contributed by atoms with Gasteiger partial charge in [-0.2, -0.15) is 0 Å². The minimum absolute atomic E-state index is 0.199. The summed E-state index contributed by atoms with van der Waals surface area (Å²) in [7, 11) is 0. The van der Waals surface area contributed by atoms with E-state index in [0.29, 0.717) is 11.8 Å². The molecule has 0 N–H and O–H groups in total. The Kier molecular flexibility index (Phi) is 2.93. The maximum absolute atomic E-state index is 12.4. The minimum Gasteiger partial charge on any atom is -0.294 e. The largest absolute Gasteiger partial charge is 0.294 e. The van der Waals surface area contributed by atoms with Crippen molar-refractivity contribution >= 4 is 54.0 Å². The molecule has 0 fully saturated rings. The molecule has 0 saturated carbocycles. The summed E-state index contributed by atoms with van der Waals surface area (Å²) in [4.78, 5) is 12.4. The molecule has 4 aromatic carbocycles. The van der Waals surface area contributed by atoms with Crippen molar-refractivity contribution in [2.24, 2.45) is 0 Å². The first-order chi connectivity index (χ1) is 10.3. The maximum Gasteiger partial charge on any atom is 0.164 e. The van der Waals surface area contributed by atoms with Gasteiger partial charge in [0.05, 0.1) is 0 Å². The van der Waals surface area contributed by atoms with E-state index in [1.807, 2.05) is 6.07 Å². The third-order valence-corrected chi connectivity index (χ3v) is 4.55. The Hall–Kier alpha value is -1.93. The van der Waals surface area contributed by atoms with Crippen molar-refractivity contribution in [2.75, 3.05) is 5.33 Å². The number of ketones is 1. The number of alkyl halides is 1.